The van der Waals surface area contributed by atoms with Gasteiger partial charge in [0.1, 0.15) is 6.04 Å². The maximum absolute atomic E-state index is 11.9. The van der Waals surface area contributed by atoms with E-state index in [1.807, 2.05) is 31.7 Å². The summed E-state index contributed by atoms with van der Waals surface area (Å²) in [6.45, 7) is 7.42. The summed E-state index contributed by atoms with van der Waals surface area (Å²) in [6.07, 6.45) is 1.74. The van der Waals surface area contributed by atoms with Crippen LogP contribution in [0.3, 0.4) is 0 Å². The number of aryl methyl sites for hydroxylation is 1. The van der Waals surface area contributed by atoms with Crippen LogP contribution in [0.15, 0.2) is 12.3 Å². The van der Waals surface area contributed by atoms with Gasteiger partial charge in [0.15, 0.2) is 0 Å². The van der Waals surface area contributed by atoms with Crippen molar-refractivity contribution in [3.8, 4) is 0 Å². The van der Waals surface area contributed by atoms with Gasteiger partial charge in [-0.25, -0.2) is 9.97 Å². The molecule has 1 amide bonds. The molecule has 1 aliphatic rings. The third kappa shape index (κ3) is 2.38. The zero-order valence-electron chi connectivity index (χ0n) is 10.5. The molecule has 0 radical (unpaired) electrons. The first-order chi connectivity index (χ1) is 8.09. The summed E-state index contributed by atoms with van der Waals surface area (Å²) in [6, 6.07) is 1.68. The molecule has 5 heteroatoms. The second kappa shape index (κ2) is 4.69. The largest absolute Gasteiger partial charge is 0.353 e. The highest BCUT2D eigenvalue weighted by Crippen LogP contribution is 2.19. The van der Waals surface area contributed by atoms with Crippen LogP contribution in [0.5, 0.6) is 0 Å². The van der Waals surface area contributed by atoms with Crippen LogP contribution in [0.25, 0.3) is 0 Å². The maximum Gasteiger partial charge on any atom is 0.243 e. The number of carbonyl (C=O) groups excluding carboxylic acids is 1. The van der Waals surface area contributed by atoms with Gasteiger partial charge in [0.25, 0.3) is 0 Å². The summed E-state index contributed by atoms with van der Waals surface area (Å²) >= 11 is 0. The quantitative estimate of drug-likeness (QED) is 0.820. The summed E-state index contributed by atoms with van der Waals surface area (Å²) in [7, 11) is 0. The van der Waals surface area contributed by atoms with Gasteiger partial charge in [0.05, 0.1) is 0 Å². The van der Waals surface area contributed by atoms with Crippen LogP contribution in [0.1, 0.15) is 19.5 Å². The van der Waals surface area contributed by atoms with E-state index >= 15 is 0 Å². The van der Waals surface area contributed by atoms with E-state index in [0.29, 0.717) is 12.5 Å². The molecule has 17 heavy (non-hydrogen) atoms. The lowest BCUT2D eigenvalue weighted by Crippen LogP contribution is -2.58. The Morgan fingerprint density at radius 1 is 1.53 bits per heavy atom. The minimum atomic E-state index is -0.175. The normalized spacial score (nSPS) is 20.6. The minimum Gasteiger partial charge on any atom is -0.353 e. The first kappa shape index (κ1) is 11.8. The van der Waals surface area contributed by atoms with Crippen molar-refractivity contribution in [3.63, 3.8) is 0 Å². The summed E-state index contributed by atoms with van der Waals surface area (Å²) in [5.74, 6) is 0.953. The Balaban J connectivity index is 2.31. The van der Waals surface area contributed by atoms with Crippen LogP contribution in [0, 0.1) is 12.8 Å². The van der Waals surface area contributed by atoms with Crippen molar-refractivity contribution >= 4 is 11.9 Å². The number of anilines is 1. The molecule has 0 spiro atoms. The Morgan fingerprint density at radius 3 is 2.94 bits per heavy atom. The molecule has 0 aliphatic carbocycles. The van der Waals surface area contributed by atoms with Gasteiger partial charge in [0.2, 0.25) is 11.9 Å². The number of hydrogen-bond donors (Lipinski definition) is 1. The van der Waals surface area contributed by atoms with E-state index in [0.717, 1.165) is 12.2 Å². The first-order valence-corrected chi connectivity index (χ1v) is 5.93. The van der Waals surface area contributed by atoms with Crippen molar-refractivity contribution in [1.82, 2.24) is 15.3 Å². The van der Waals surface area contributed by atoms with Crippen LogP contribution in [-0.4, -0.2) is 35.0 Å². The maximum atomic E-state index is 11.9. The highest BCUT2D eigenvalue weighted by atomic mass is 16.2. The number of nitrogens with one attached hydrogen (secondary N) is 1. The Kier molecular flexibility index (Phi) is 3.26. The third-order valence-electron chi connectivity index (χ3n) is 2.93. The average molecular weight is 234 g/mol. The third-order valence-corrected chi connectivity index (χ3v) is 2.93. The summed E-state index contributed by atoms with van der Waals surface area (Å²) in [4.78, 5) is 22.6. The van der Waals surface area contributed by atoms with Crippen LogP contribution in [-0.2, 0) is 4.79 Å². The molecule has 1 N–H and O–H groups in total. The molecule has 0 aromatic carbocycles. The van der Waals surface area contributed by atoms with Crippen LogP contribution in [0.4, 0.5) is 5.95 Å². The van der Waals surface area contributed by atoms with Gasteiger partial charge in [-0.3, -0.25) is 4.79 Å². The van der Waals surface area contributed by atoms with Gasteiger partial charge in [-0.1, -0.05) is 13.8 Å². The SMILES string of the molecule is Cc1ccnc(N2CCNC(=O)[C@H]2C(C)C)n1. The molecule has 2 rings (SSSR count). The lowest BCUT2D eigenvalue weighted by atomic mass is 10.00. The summed E-state index contributed by atoms with van der Waals surface area (Å²) in [5, 5.41) is 2.89. The van der Waals surface area contributed by atoms with E-state index in [4.69, 9.17) is 0 Å². The van der Waals surface area contributed by atoms with E-state index in [1.165, 1.54) is 0 Å². The van der Waals surface area contributed by atoms with Crippen molar-refractivity contribution in [2.24, 2.45) is 5.92 Å². The fourth-order valence-corrected chi connectivity index (χ4v) is 2.15. The van der Waals surface area contributed by atoms with E-state index in [-0.39, 0.29) is 17.9 Å². The van der Waals surface area contributed by atoms with Crippen molar-refractivity contribution < 1.29 is 4.79 Å². The molecule has 0 bridgehead atoms. The highest BCUT2D eigenvalue weighted by Gasteiger charge is 2.33. The molecule has 5 nitrogen and oxygen atoms in total. The molecule has 1 aliphatic heterocycles. The van der Waals surface area contributed by atoms with Gasteiger partial charge < -0.3 is 10.2 Å². The molecule has 1 atom stereocenters. The van der Waals surface area contributed by atoms with E-state index < -0.39 is 0 Å². The Hall–Kier alpha value is -1.65. The molecule has 0 unspecified atom stereocenters. The first-order valence-electron chi connectivity index (χ1n) is 5.93. The predicted molar refractivity (Wildman–Crippen MR) is 65.8 cm³/mol. The fraction of sp³-hybridized carbons (Fsp3) is 0.583. The van der Waals surface area contributed by atoms with E-state index in [1.54, 1.807) is 6.20 Å². The average Bonchev–Trinajstić information content (AvgIpc) is 2.28. The molecule has 1 aromatic heterocycles. The van der Waals surface area contributed by atoms with Crippen LogP contribution in [0.2, 0.25) is 0 Å². The molecule has 92 valence electrons. The highest BCUT2D eigenvalue weighted by molar-refractivity contribution is 5.86. The van der Waals surface area contributed by atoms with Crippen molar-refractivity contribution in [2.45, 2.75) is 26.8 Å². The lowest BCUT2D eigenvalue weighted by molar-refractivity contribution is -0.124. The molecule has 0 saturated carbocycles. The zero-order valence-corrected chi connectivity index (χ0v) is 10.5. The molecule has 1 saturated heterocycles. The van der Waals surface area contributed by atoms with Gasteiger partial charge in [0, 0.05) is 25.0 Å². The zero-order chi connectivity index (χ0) is 12.4. The lowest BCUT2D eigenvalue weighted by Gasteiger charge is -2.37. The number of aromatic nitrogens is 2. The number of nitrogens with zero attached hydrogens (tertiary/aromatic N) is 3. The minimum absolute atomic E-state index is 0.0661. The standard InChI is InChI=1S/C12H18N4O/c1-8(2)10-11(17)13-6-7-16(10)12-14-5-4-9(3)15-12/h4-5,8,10H,6-7H2,1-3H3,(H,13,17)/t10-/m1/s1. The summed E-state index contributed by atoms with van der Waals surface area (Å²) < 4.78 is 0. The van der Waals surface area contributed by atoms with E-state index in [2.05, 4.69) is 15.3 Å². The number of hydrogen-bond acceptors (Lipinski definition) is 4. The fourth-order valence-electron chi connectivity index (χ4n) is 2.15. The molecular weight excluding hydrogens is 216 g/mol. The second-order valence-corrected chi connectivity index (χ2v) is 4.67. The van der Waals surface area contributed by atoms with Crippen LogP contribution >= 0.6 is 0 Å². The smallest absolute Gasteiger partial charge is 0.243 e. The summed E-state index contributed by atoms with van der Waals surface area (Å²) in [5.41, 5.74) is 0.920. The van der Waals surface area contributed by atoms with Gasteiger partial charge >= 0.3 is 0 Å². The Morgan fingerprint density at radius 2 is 2.29 bits per heavy atom. The van der Waals surface area contributed by atoms with Gasteiger partial charge in [-0.2, -0.15) is 0 Å². The molecule has 2 heterocycles. The van der Waals surface area contributed by atoms with Crippen molar-refractivity contribution in [2.75, 3.05) is 18.0 Å². The molecule has 1 aromatic rings. The predicted octanol–water partition coefficient (Wildman–Crippen LogP) is 0.746. The Bertz CT molecular complexity index is 419. The molecular formula is C12H18N4O. The topological polar surface area (TPSA) is 58.1 Å². The molecule has 1 fully saturated rings. The van der Waals surface area contributed by atoms with Gasteiger partial charge in [-0.15, -0.1) is 0 Å². The van der Waals surface area contributed by atoms with Crippen molar-refractivity contribution in [1.29, 1.82) is 0 Å². The van der Waals surface area contributed by atoms with Crippen LogP contribution < -0.4 is 10.2 Å². The van der Waals surface area contributed by atoms with Crippen molar-refractivity contribution in [3.05, 3.63) is 18.0 Å². The Labute approximate surface area is 101 Å². The number of carbonyl (C=O) groups is 1. The number of rotatable bonds is 2. The van der Waals surface area contributed by atoms with Gasteiger partial charge in [-0.05, 0) is 18.9 Å². The monoisotopic (exact) mass is 234 g/mol. The number of amides is 1. The second-order valence-electron chi connectivity index (χ2n) is 4.67. The number of piperazine rings is 1. The van der Waals surface area contributed by atoms with E-state index in [9.17, 15) is 4.79 Å².